The number of nitrogens with one attached hydrogen (secondary N) is 1. The predicted octanol–water partition coefficient (Wildman–Crippen LogP) is 5.13. The number of rotatable bonds is 8. The van der Waals surface area contributed by atoms with Crippen LogP contribution < -0.4 is 5.32 Å². The van der Waals surface area contributed by atoms with Gasteiger partial charge in [0.2, 0.25) is 5.91 Å². The summed E-state index contributed by atoms with van der Waals surface area (Å²) in [5.74, 6) is -0.481. The van der Waals surface area contributed by atoms with Crippen molar-refractivity contribution in [2.45, 2.75) is 36.6 Å². The summed E-state index contributed by atoms with van der Waals surface area (Å²) in [6, 6.07) is 11.6. The van der Waals surface area contributed by atoms with Crippen molar-refractivity contribution in [3.8, 4) is 0 Å². The number of carbonyl (C=O) groups is 2. The maximum atomic E-state index is 12.7. The van der Waals surface area contributed by atoms with Crippen LogP contribution in [-0.2, 0) is 11.3 Å². The number of carbonyl (C=O) groups excluding carboxylic acids is 2. The normalized spacial score (nSPS) is 10.6. The quantitative estimate of drug-likeness (QED) is 0.361. The van der Waals surface area contributed by atoms with Crippen molar-refractivity contribution in [2.75, 3.05) is 11.9 Å². The Morgan fingerprint density at radius 1 is 1.25 bits per heavy atom. The van der Waals surface area contributed by atoms with E-state index in [1.165, 1.54) is 36.1 Å². The molecule has 32 heavy (non-hydrogen) atoms. The summed E-state index contributed by atoms with van der Waals surface area (Å²) in [5.41, 5.74) is 2.30. The third kappa shape index (κ3) is 5.92. The number of aryl methyl sites for hydroxylation is 1. The van der Waals surface area contributed by atoms with E-state index in [1.54, 1.807) is 35.2 Å². The molecule has 0 spiro atoms. The highest BCUT2D eigenvalue weighted by Crippen LogP contribution is 2.36. The van der Waals surface area contributed by atoms with Crippen LogP contribution in [0.25, 0.3) is 0 Å². The molecule has 0 bridgehead atoms. The Morgan fingerprint density at radius 2 is 2.03 bits per heavy atom. The van der Waals surface area contributed by atoms with Crippen LogP contribution in [0, 0.1) is 17.0 Å². The van der Waals surface area contributed by atoms with Gasteiger partial charge in [-0.3, -0.25) is 19.7 Å². The van der Waals surface area contributed by atoms with Gasteiger partial charge in [-0.1, -0.05) is 23.9 Å². The molecule has 3 rings (SSSR count). The molecular formula is C22H22N4O4S2. The highest BCUT2D eigenvalue weighted by Gasteiger charge is 2.20. The van der Waals surface area contributed by atoms with E-state index < -0.39 is 10.8 Å². The van der Waals surface area contributed by atoms with Crippen LogP contribution >= 0.6 is 23.1 Å². The van der Waals surface area contributed by atoms with Gasteiger partial charge in [0.15, 0.2) is 4.34 Å². The molecule has 0 aliphatic rings. The van der Waals surface area contributed by atoms with Gasteiger partial charge in [0, 0.05) is 48.4 Å². The van der Waals surface area contributed by atoms with Crippen LogP contribution in [0.1, 0.15) is 35.5 Å². The Labute approximate surface area is 193 Å². The van der Waals surface area contributed by atoms with E-state index in [2.05, 4.69) is 10.3 Å². The van der Waals surface area contributed by atoms with E-state index in [-0.39, 0.29) is 17.2 Å². The zero-order valence-corrected chi connectivity index (χ0v) is 19.5. The van der Waals surface area contributed by atoms with Gasteiger partial charge in [0.1, 0.15) is 0 Å². The molecule has 3 aromatic rings. The first-order valence-corrected chi connectivity index (χ1v) is 11.5. The zero-order chi connectivity index (χ0) is 23.3. The maximum absolute atomic E-state index is 12.7. The minimum Gasteiger partial charge on any atom is -0.339 e. The van der Waals surface area contributed by atoms with Crippen LogP contribution in [0.15, 0.2) is 57.1 Å². The van der Waals surface area contributed by atoms with E-state index in [9.17, 15) is 19.7 Å². The average Bonchev–Trinajstić information content (AvgIpc) is 3.16. The number of nitrogens with zero attached hydrogens (tertiary/aromatic N) is 3. The minimum absolute atomic E-state index is 0.0277. The van der Waals surface area contributed by atoms with Crippen LogP contribution in [0.4, 0.5) is 11.4 Å². The summed E-state index contributed by atoms with van der Waals surface area (Å²) >= 11 is 2.61. The second-order valence-electron chi connectivity index (χ2n) is 6.98. The van der Waals surface area contributed by atoms with E-state index in [0.717, 1.165) is 11.3 Å². The first kappa shape index (κ1) is 23.4. The van der Waals surface area contributed by atoms with Crippen LogP contribution in [0.5, 0.6) is 0 Å². The summed E-state index contributed by atoms with van der Waals surface area (Å²) in [7, 11) is 0. The molecule has 0 saturated carbocycles. The molecule has 8 nitrogen and oxygen atoms in total. The monoisotopic (exact) mass is 470 g/mol. The lowest BCUT2D eigenvalue weighted by molar-refractivity contribution is -0.387. The number of aromatic nitrogens is 1. The molecule has 0 unspecified atom stereocenters. The second kappa shape index (κ2) is 10.4. The highest BCUT2D eigenvalue weighted by atomic mass is 32.2. The number of hydrogen-bond acceptors (Lipinski definition) is 7. The molecule has 10 heteroatoms. The highest BCUT2D eigenvalue weighted by molar-refractivity contribution is 8.01. The molecule has 1 N–H and O–H groups in total. The van der Waals surface area contributed by atoms with Gasteiger partial charge >= 0.3 is 0 Å². The molecule has 166 valence electrons. The number of anilines is 1. The van der Waals surface area contributed by atoms with E-state index >= 15 is 0 Å². The molecular weight excluding hydrogens is 448 g/mol. The Hall–Kier alpha value is -3.24. The number of benzene rings is 2. The van der Waals surface area contributed by atoms with Crippen molar-refractivity contribution in [2.24, 2.45) is 0 Å². The minimum atomic E-state index is -0.499. The lowest BCUT2D eigenvalue weighted by Gasteiger charge is -2.19. The summed E-state index contributed by atoms with van der Waals surface area (Å²) in [4.78, 5) is 41.9. The molecule has 0 aliphatic heterocycles. The molecule has 1 aromatic heterocycles. The maximum Gasteiger partial charge on any atom is 0.284 e. The fourth-order valence-corrected chi connectivity index (χ4v) is 4.86. The van der Waals surface area contributed by atoms with Gasteiger partial charge in [0.25, 0.3) is 11.6 Å². The number of nitro benzene ring substituents is 1. The number of hydrogen-bond donors (Lipinski definition) is 1. The first-order chi connectivity index (χ1) is 15.3. The van der Waals surface area contributed by atoms with Crippen molar-refractivity contribution >= 4 is 46.3 Å². The van der Waals surface area contributed by atoms with Gasteiger partial charge in [-0.2, -0.15) is 0 Å². The van der Waals surface area contributed by atoms with Crippen molar-refractivity contribution in [3.05, 3.63) is 74.8 Å². The Kier molecular flexibility index (Phi) is 7.60. The number of nitro groups is 1. The fourth-order valence-electron chi connectivity index (χ4n) is 2.98. The Bertz CT molecular complexity index is 1160. The third-order valence-corrected chi connectivity index (χ3v) is 6.72. The Balaban J connectivity index is 1.77. The van der Waals surface area contributed by atoms with Crippen molar-refractivity contribution in [1.29, 1.82) is 0 Å². The molecule has 2 aromatic carbocycles. The summed E-state index contributed by atoms with van der Waals surface area (Å²) in [5, 5.41) is 16.2. The third-order valence-electron chi connectivity index (χ3n) is 4.60. The number of amides is 2. The van der Waals surface area contributed by atoms with E-state index in [1.807, 2.05) is 25.3 Å². The van der Waals surface area contributed by atoms with E-state index in [0.29, 0.717) is 28.0 Å². The average molecular weight is 471 g/mol. The first-order valence-electron chi connectivity index (χ1n) is 9.81. The van der Waals surface area contributed by atoms with Crippen molar-refractivity contribution in [1.82, 2.24) is 9.88 Å². The van der Waals surface area contributed by atoms with Crippen molar-refractivity contribution < 1.29 is 14.5 Å². The van der Waals surface area contributed by atoms with Crippen LogP contribution in [-0.4, -0.2) is 33.2 Å². The summed E-state index contributed by atoms with van der Waals surface area (Å²) in [6.07, 6.45) is 0. The lowest BCUT2D eigenvalue weighted by Crippen LogP contribution is -2.27. The topological polar surface area (TPSA) is 105 Å². The molecule has 0 radical (unpaired) electrons. The fraction of sp³-hybridized carbons (Fsp3) is 0.227. The summed E-state index contributed by atoms with van der Waals surface area (Å²) in [6.45, 7) is 6.29. The lowest BCUT2D eigenvalue weighted by atomic mass is 10.1. The molecule has 0 saturated heterocycles. The van der Waals surface area contributed by atoms with Gasteiger partial charge < -0.3 is 10.2 Å². The van der Waals surface area contributed by atoms with Crippen LogP contribution in [0.3, 0.4) is 0 Å². The molecule has 0 atom stereocenters. The van der Waals surface area contributed by atoms with Crippen molar-refractivity contribution in [3.63, 3.8) is 0 Å². The molecule has 0 aliphatic carbocycles. The van der Waals surface area contributed by atoms with Crippen LogP contribution in [0.2, 0.25) is 0 Å². The molecule has 1 heterocycles. The van der Waals surface area contributed by atoms with Gasteiger partial charge in [-0.05, 0) is 43.7 Å². The largest absolute Gasteiger partial charge is 0.339 e. The van der Waals surface area contributed by atoms with E-state index in [4.69, 9.17) is 0 Å². The standard InChI is InChI=1S/C22H22N4O4S2/c1-4-25(15(3)27)12-16-6-5-7-18(10-16)24-21(28)17-8-9-20(19(11-17)26(29)30)32-22-23-14(2)13-31-22/h5-11,13H,4,12H2,1-3H3,(H,24,28). The van der Waals surface area contributed by atoms with Gasteiger partial charge in [-0.25, -0.2) is 4.98 Å². The Morgan fingerprint density at radius 3 is 2.66 bits per heavy atom. The SMILES string of the molecule is CCN(Cc1cccc(NC(=O)c2ccc(Sc3nc(C)cs3)c([N+](=O)[O-])c2)c1)C(C)=O. The summed E-state index contributed by atoms with van der Waals surface area (Å²) < 4.78 is 0.700. The predicted molar refractivity (Wildman–Crippen MR) is 125 cm³/mol. The second-order valence-corrected chi connectivity index (χ2v) is 9.13. The van der Waals surface area contributed by atoms with Gasteiger partial charge in [0.05, 0.1) is 9.82 Å². The smallest absolute Gasteiger partial charge is 0.284 e. The molecule has 2 amide bonds. The zero-order valence-electron chi connectivity index (χ0n) is 17.8. The van der Waals surface area contributed by atoms with Gasteiger partial charge in [-0.15, -0.1) is 11.3 Å². The number of thiazole rings is 1. The molecule has 0 fully saturated rings.